The maximum Gasteiger partial charge on any atom is 0.265 e. The van der Waals surface area contributed by atoms with Crippen molar-refractivity contribution < 1.29 is 18.8 Å². The smallest absolute Gasteiger partial charge is 0.265 e. The topological polar surface area (TPSA) is 66.5 Å². The highest BCUT2D eigenvalue weighted by Gasteiger charge is 2.38. The summed E-state index contributed by atoms with van der Waals surface area (Å²) in [4.78, 5) is 36.1. The average Bonchev–Trinajstić information content (AvgIpc) is 2.63. The summed E-state index contributed by atoms with van der Waals surface area (Å²) < 4.78 is 13.5. The molecule has 100 valence electrons. The van der Waals surface area contributed by atoms with E-state index in [4.69, 9.17) is 0 Å². The number of hydrogen-bond acceptors (Lipinski definition) is 3. The van der Waals surface area contributed by atoms with Gasteiger partial charge in [0.1, 0.15) is 12.4 Å². The van der Waals surface area contributed by atoms with Crippen LogP contribution in [0.3, 0.4) is 0 Å². The summed E-state index contributed by atoms with van der Waals surface area (Å²) in [5, 5.41) is 2.56. The molecule has 1 N–H and O–H groups in total. The van der Waals surface area contributed by atoms with E-state index < -0.39 is 23.5 Å². The van der Waals surface area contributed by atoms with Gasteiger partial charge in [-0.3, -0.25) is 19.3 Å². The van der Waals surface area contributed by atoms with Crippen molar-refractivity contribution in [1.82, 2.24) is 10.2 Å². The molecule has 0 spiro atoms. The zero-order chi connectivity index (χ0) is 14.0. The summed E-state index contributed by atoms with van der Waals surface area (Å²) in [5.74, 6) is -2.57. The Balaban J connectivity index is 2.19. The van der Waals surface area contributed by atoms with Crippen molar-refractivity contribution in [3.05, 3.63) is 35.1 Å². The van der Waals surface area contributed by atoms with Gasteiger partial charge < -0.3 is 5.32 Å². The summed E-state index contributed by atoms with van der Waals surface area (Å²) in [5.41, 5.74) is -0.246. The van der Waals surface area contributed by atoms with Crippen LogP contribution < -0.4 is 5.32 Å². The molecule has 1 aromatic carbocycles. The van der Waals surface area contributed by atoms with Gasteiger partial charge in [0.2, 0.25) is 5.91 Å². The van der Waals surface area contributed by atoms with Crippen molar-refractivity contribution in [2.24, 2.45) is 0 Å². The molecule has 1 aliphatic heterocycles. The fraction of sp³-hybridized carbons (Fsp3) is 0.308. The monoisotopic (exact) mass is 264 g/mol. The lowest BCUT2D eigenvalue weighted by Crippen LogP contribution is -2.40. The Hall–Kier alpha value is -2.24. The number of benzene rings is 1. The number of nitrogens with zero attached hydrogens (tertiary/aromatic N) is 1. The lowest BCUT2D eigenvalue weighted by molar-refractivity contribution is -0.121. The third-order valence-electron chi connectivity index (χ3n) is 2.82. The zero-order valence-corrected chi connectivity index (χ0v) is 10.4. The largest absolute Gasteiger partial charge is 0.355 e. The first kappa shape index (κ1) is 13.2. The molecule has 1 aromatic rings. The van der Waals surface area contributed by atoms with Gasteiger partial charge in [-0.25, -0.2) is 4.39 Å². The van der Waals surface area contributed by atoms with Crippen LogP contribution in [0.1, 0.15) is 34.1 Å². The summed E-state index contributed by atoms with van der Waals surface area (Å²) in [6.45, 7) is 1.97. The number of carbonyl (C=O) groups is 3. The second kappa shape index (κ2) is 5.17. The molecule has 19 heavy (non-hydrogen) atoms. The molecule has 0 saturated carbocycles. The maximum atomic E-state index is 13.5. The fourth-order valence-corrected chi connectivity index (χ4v) is 1.90. The second-order valence-electron chi connectivity index (χ2n) is 4.21. The van der Waals surface area contributed by atoms with Crippen LogP contribution in [0.5, 0.6) is 0 Å². The summed E-state index contributed by atoms with van der Waals surface area (Å²) in [6.07, 6.45) is 0.752. The number of amides is 3. The van der Waals surface area contributed by atoms with Crippen molar-refractivity contribution in [1.29, 1.82) is 0 Å². The Morgan fingerprint density at radius 3 is 2.68 bits per heavy atom. The fourth-order valence-electron chi connectivity index (χ4n) is 1.90. The number of carbonyl (C=O) groups excluding carboxylic acids is 3. The first-order valence-corrected chi connectivity index (χ1v) is 5.97. The Labute approximate surface area is 109 Å². The van der Waals surface area contributed by atoms with Gasteiger partial charge in [0.25, 0.3) is 11.8 Å². The second-order valence-corrected chi connectivity index (χ2v) is 4.21. The molecule has 5 nitrogen and oxygen atoms in total. The molecule has 1 heterocycles. The highest BCUT2D eigenvalue weighted by atomic mass is 19.1. The predicted molar refractivity (Wildman–Crippen MR) is 65.1 cm³/mol. The molecule has 0 fully saturated rings. The Kier molecular flexibility index (Phi) is 3.59. The highest BCUT2D eigenvalue weighted by molar-refractivity contribution is 6.22. The normalized spacial score (nSPS) is 13.7. The zero-order valence-electron chi connectivity index (χ0n) is 10.4. The van der Waals surface area contributed by atoms with Crippen molar-refractivity contribution in [3.63, 3.8) is 0 Å². The third kappa shape index (κ3) is 2.33. The molecule has 3 amide bonds. The Morgan fingerprint density at radius 1 is 1.32 bits per heavy atom. The van der Waals surface area contributed by atoms with Crippen molar-refractivity contribution in [2.75, 3.05) is 13.1 Å². The van der Waals surface area contributed by atoms with Crippen LogP contribution in [0.4, 0.5) is 4.39 Å². The molecule has 0 bridgehead atoms. The average molecular weight is 264 g/mol. The Morgan fingerprint density at radius 2 is 2.05 bits per heavy atom. The molecule has 6 heteroatoms. The SMILES string of the molecule is CCCNC(=O)CN1C(=O)c2cccc(F)c2C1=O. The molecule has 1 aliphatic rings. The minimum absolute atomic E-state index is 0.00768. The number of nitrogens with one attached hydrogen (secondary N) is 1. The van der Waals surface area contributed by atoms with E-state index in [2.05, 4.69) is 5.32 Å². The van der Waals surface area contributed by atoms with Gasteiger partial charge in [0.05, 0.1) is 11.1 Å². The van der Waals surface area contributed by atoms with Crippen molar-refractivity contribution in [3.8, 4) is 0 Å². The van der Waals surface area contributed by atoms with Gasteiger partial charge in [0.15, 0.2) is 0 Å². The number of imide groups is 1. The summed E-state index contributed by atoms with van der Waals surface area (Å²) >= 11 is 0. The van der Waals surface area contributed by atoms with E-state index in [9.17, 15) is 18.8 Å². The van der Waals surface area contributed by atoms with Gasteiger partial charge in [-0.1, -0.05) is 13.0 Å². The van der Waals surface area contributed by atoms with E-state index in [1.165, 1.54) is 12.1 Å². The quantitative estimate of drug-likeness (QED) is 0.823. The molecule has 0 aromatic heterocycles. The van der Waals surface area contributed by atoms with Crippen LogP contribution in [0, 0.1) is 5.82 Å². The van der Waals surface area contributed by atoms with Gasteiger partial charge in [0, 0.05) is 6.54 Å². The van der Waals surface area contributed by atoms with Crippen molar-refractivity contribution >= 4 is 17.7 Å². The Bertz CT molecular complexity index is 557. The molecule has 2 rings (SSSR count). The molecular weight excluding hydrogens is 251 g/mol. The highest BCUT2D eigenvalue weighted by Crippen LogP contribution is 2.24. The first-order chi connectivity index (χ1) is 9.06. The van der Waals surface area contributed by atoms with Gasteiger partial charge in [-0.15, -0.1) is 0 Å². The van der Waals surface area contributed by atoms with Crippen LogP contribution >= 0.6 is 0 Å². The molecule has 0 saturated heterocycles. The van der Waals surface area contributed by atoms with E-state index >= 15 is 0 Å². The molecule has 0 aliphatic carbocycles. The van der Waals surface area contributed by atoms with Crippen LogP contribution in [-0.2, 0) is 4.79 Å². The number of fused-ring (bicyclic) bond motifs is 1. The van der Waals surface area contributed by atoms with E-state index in [-0.39, 0.29) is 17.7 Å². The van der Waals surface area contributed by atoms with E-state index in [1.54, 1.807) is 0 Å². The molecule has 0 unspecified atom stereocenters. The maximum absolute atomic E-state index is 13.5. The summed E-state index contributed by atoms with van der Waals surface area (Å²) in [6, 6.07) is 3.85. The van der Waals surface area contributed by atoms with Crippen LogP contribution in [0.2, 0.25) is 0 Å². The van der Waals surface area contributed by atoms with Gasteiger partial charge >= 0.3 is 0 Å². The number of rotatable bonds is 4. The minimum atomic E-state index is -0.759. The van der Waals surface area contributed by atoms with Gasteiger partial charge in [-0.2, -0.15) is 0 Å². The van der Waals surface area contributed by atoms with Crippen LogP contribution in [-0.4, -0.2) is 35.7 Å². The standard InChI is InChI=1S/C13H13FN2O3/c1-2-6-15-10(17)7-16-12(18)8-4-3-5-9(14)11(8)13(16)19/h3-5H,2,6-7H2,1H3,(H,15,17). The lowest BCUT2D eigenvalue weighted by Gasteiger charge is -2.13. The van der Waals surface area contributed by atoms with E-state index in [0.29, 0.717) is 6.54 Å². The van der Waals surface area contributed by atoms with E-state index in [1.807, 2.05) is 6.92 Å². The van der Waals surface area contributed by atoms with Crippen molar-refractivity contribution in [2.45, 2.75) is 13.3 Å². The lowest BCUT2D eigenvalue weighted by atomic mass is 10.1. The van der Waals surface area contributed by atoms with Crippen LogP contribution in [0.15, 0.2) is 18.2 Å². The van der Waals surface area contributed by atoms with E-state index in [0.717, 1.165) is 17.4 Å². The van der Waals surface area contributed by atoms with Crippen LogP contribution in [0.25, 0.3) is 0 Å². The molecular formula is C13H13FN2O3. The number of hydrogen-bond donors (Lipinski definition) is 1. The third-order valence-corrected chi connectivity index (χ3v) is 2.82. The predicted octanol–water partition coefficient (Wildman–Crippen LogP) is 0.948. The minimum Gasteiger partial charge on any atom is -0.355 e. The van der Waals surface area contributed by atoms with Gasteiger partial charge in [-0.05, 0) is 18.6 Å². The molecule has 0 radical (unpaired) electrons. The number of halogens is 1. The summed E-state index contributed by atoms with van der Waals surface area (Å²) in [7, 11) is 0. The first-order valence-electron chi connectivity index (χ1n) is 5.97. The molecule has 0 atom stereocenters.